The van der Waals surface area contributed by atoms with E-state index in [1.165, 1.54) is 12.1 Å². The molecular weight excluding hydrogens is 349 g/mol. The SMILES string of the molecule is CCc1ccc(C(=O)NNC(=O)COc2cccc(C(F)(F)F)c2)cc1. The third kappa shape index (κ3) is 5.51. The fourth-order valence-electron chi connectivity index (χ4n) is 2.04. The fourth-order valence-corrected chi connectivity index (χ4v) is 2.04. The first-order chi connectivity index (χ1) is 12.3. The van der Waals surface area contributed by atoms with Gasteiger partial charge in [-0.3, -0.25) is 20.4 Å². The van der Waals surface area contributed by atoms with Crippen LogP contribution in [0.5, 0.6) is 5.75 Å². The molecule has 2 N–H and O–H groups in total. The molecule has 2 aromatic carbocycles. The van der Waals surface area contributed by atoms with Crippen LogP contribution < -0.4 is 15.6 Å². The molecule has 0 bridgehead atoms. The molecule has 0 unspecified atom stereocenters. The molecule has 0 fully saturated rings. The van der Waals surface area contributed by atoms with Crippen molar-refractivity contribution < 1.29 is 27.5 Å². The van der Waals surface area contributed by atoms with E-state index in [1.54, 1.807) is 24.3 Å². The number of nitrogens with one attached hydrogen (secondary N) is 2. The van der Waals surface area contributed by atoms with Crippen molar-refractivity contribution in [3.05, 3.63) is 65.2 Å². The highest BCUT2D eigenvalue weighted by atomic mass is 19.4. The Labute approximate surface area is 148 Å². The zero-order valence-electron chi connectivity index (χ0n) is 13.9. The Morgan fingerprint density at radius 3 is 2.35 bits per heavy atom. The number of hydrogen-bond donors (Lipinski definition) is 2. The highest BCUT2D eigenvalue weighted by molar-refractivity contribution is 5.95. The molecule has 2 aromatic rings. The van der Waals surface area contributed by atoms with E-state index in [4.69, 9.17) is 4.74 Å². The van der Waals surface area contributed by atoms with Crippen molar-refractivity contribution in [3.63, 3.8) is 0 Å². The summed E-state index contributed by atoms with van der Waals surface area (Å²) >= 11 is 0. The molecule has 2 rings (SSSR count). The van der Waals surface area contributed by atoms with Gasteiger partial charge in [0.2, 0.25) is 0 Å². The molecule has 0 saturated heterocycles. The van der Waals surface area contributed by atoms with Crippen LogP contribution in [0.4, 0.5) is 13.2 Å². The van der Waals surface area contributed by atoms with E-state index < -0.39 is 30.2 Å². The van der Waals surface area contributed by atoms with Crippen molar-refractivity contribution in [1.82, 2.24) is 10.9 Å². The summed E-state index contributed by atoms with van der Waals surface area (Å²) in [5.74, 6) is -1.32. The molecule has 138 valence electrons. The van der Waals surface area contributed by atoms with Crippen molar-refractivity contribution in [2.75, 3.05) is 6.61 Å². The molecule has 0 atom stereocenters. The van der Waals surface area contributed by atoms with Gasteiger partial charge in [0.15, 0.2) is 6.61 Å². The summed E-state index contributed by atoms with van der Waals surface area (Å²) < 4.78 is 42.8. The van der Waals surface area contributed by atoms with Gasteiger partial charge in [0, 0.05) is 5.56 Å². The normalized spacial score (nSPS) is 10.9. The second kappa shape index (κ2) is 8.37. The van der Waals surface area contributed by atoms with Crippen LogP contribution in [0.1, 0.15) is 28.4 Å². The summed E-state index contributed by atoms with van der Waals surface area (Å²) in [5, 5.41) is 0. The van der Waals surface area contributed by atoms with Crippen LogP contribution >= 0.6 is 0 Å². The van der Waals surface area contributed by atoms with Gasteiger partial charge in [-0.1, -0.05) is 25.1 Å². The Bertz CT molecular complexity index is 774. The average molecular weight is 366 g/mol. The summed E-state index contributed by atoms with van der Waals surface area (Å²) in [5.41, 5.74) is 4.90. The summed E-state index contributed by atoms with van der Waals surface area (Å²) in [6.07, 6.45) is -3.66. The van der Waals surface area contributed by atoms with Crippen molar-refractivity contribution in [2.24, 2.45) is 0 Å². The Morgan fingerprint density at radius 1 is 1.04 bits per heavy atom. The highest BCUT2D eigenvalue weighted by Gasteiger charge is 2.30. The van der Waals surface area contributed by atoms with E-state index in [2.05, 4.69) is 10.9 Å². The lowest BCUT2D eigenvalue weighted by atomic mass is 10.1. The number of alkyl halides is 3. The third-order valence-electron chi connectivity index (χ3n) is 3.47. The first-order valence-corrected chi connectivity index (χ1v) is 7.77. The van der Waals surface area contributed by atoms with Gasteiger partial charge in [0.05, 0.1) is 5.56 Å². The molecule has 0 aliphatic rings. The summed E-state index contributed by atoms with van der Waals surface area (Å²) in [4.78, 5) is 23.5. The third-order valence-corrected chi connectivity index (χ3v) is 3.47. The van der Waals surface area contributed by atoms with Crippen LogP contribution in [-0.2, 0) is 17.4 Å². The van der Waals surface area contributed by atoms with E-state index in [-0.39, 0.29) is 5.75 Å². The average Bonchev–Trinajstić information content (AvgIpc) is 2.64. The number of carbonyl (C=O) groups is 2. The lowest BCUT2D eigenvalue weighted by Gasteiger charge is -2.11. The molecule has 26 heavy (non-hydrogen) atoms. The Balaban J connectivity index is 1.82. The molecular formula is C18H17F3N2O3. The van der Waals surface area contributed by atoms with E-state index in [0.717, 1.165) is 24.1 Å². The number of amides is 2. The lowest BCUT2D eigenvalue weighted by Crippen LogP contribution is -2.43. The highest BCUT2D eigenvalue weighted by Crippen LogP contribution is 2.31. The predicted octanol–water partition coefficient (Wildman–Crippen LogP) is 3.11. The Morgan fingerprint density at radius 2 is 1.73 bits per heavy atom. The van der Waals surface area contributed by atoms with Gasteiger partial charge in [-0.25, -0.2) is 0 Å². The number of hydrazine groups is 1. The second-order valence-electron chi connectivity index (χ2n) is 5.37. The summed E-state index contributed by atoms with van der Waals surface area (Å²) in [7, 11) is 0. The fraction of sp³-hybridized carbons (Fsp3) is 0.222. The van der Waals surface area contributed by atoms with Gasteiger partial charge in [-0.05, 0) is 42.3 Å². The molecule has 0 saturated carbocycles. The maximum absolute atomic E-state index is 12.6. The predicted molar refractivity (Wildman–Crippen MR) is 88.4 cm³/mol. The van der Waals surface area contributed by atoms with Crippen LogP contribution in [0.25, 0.3) is 0 Å². The van der Waals surface area contributed by atoms with E-state index in [0.29, 0.717) is 5.56 Å². The van der Waals surface area contributed by atoms with Crippen LogP contribution in [0.2, 0.25) is 0 Å². The number of rotatable bonds is 5. The van der Waals surface area contributed by atoms with Gasteiger partial charge in [0.25, 0.3) is 11.8 Å². The number of hydrogen-bond acceptors (Lipinski definition) is 3. The molecule has 0 aromatic heterocycles. The van der Waals surface area contributed by atoms with Gasteiger partial charge in [0.1, 0.15) is 5.75 Å². The first kappa shape index (κ1) is 19.3. The monoisotopic (exact) mass is 366 g/mol. The summed E-state index contributed by atoms with van der Waals surface area (Å²) in [6.45, 7) is 1.44. The molecule has 0 aliphatic carbocycles. The van der Waals surface area contributed by atoms with Gasteiger partial charge < -0.3 is 4.74 Å². The van der Waals surface area contributed by atoms with Gasteiger partial charge >= 0.3 is 6.18 Å². The number of aryl methyl sites for hydroxylation is 1. The standard InChI is InChI=1S/C18H17F3N2O3/c1-2-12-6-8-13(9-7-12)17(25)23-22-16(24)11-26-15-5-3-4-14(10-15)18(19,20)21/h3-10H,2,11H2,1H3,(H,22,24)(H,23,25). The van der Waals surface area contributed by atoms with Crippen molar-refractivity contribution in [3.8, 4) is 5.75 Å². The van der Waals surface area contributed by atoms with Crippen molar-refractivity contribution in [1.29, 1.82) is 0 Å². The molecule has 5 nitrogen and oxygen atoms in total. The number of carbonyl (C=O) groups excluding carboxylic acids is 2. The maximum Gasteiger partial charge on any atom is 0.416 e. The minimum atomic E-state index is -4.50. The van der Waals surface area contributed by atoms with Crippen LogP contribution in [0, 0.1) is 0 Å². The maximum atomic E-state index is 12.6. The first-order valence-electron chi connectivity index (χ1n) is 7.77. The summed E-state index contributed by atoms with van der Waals surface area (Å²) in [6, 6.07) is 11.0. The minimum absolute atomic E-state index is 0.101. The Hall–Kier alpha value is -3.03. The van der Waals surface area contributed by atoms with E-state index in [9.17, 15) is 22.8 Å². The molecule has 0 spiro atoms. The van der Waals surface area contributed by atoms with Crippen LogP contribution in [0.15, 0.2) is 48.5 Å². The lowest BCUT2D eigenvalue weighted by molar-refractivity contribution is -0.137. The van der Waals surface area contributed by atoms with Crippen LogP contribution in [-0.4, -0.2) is 18.4 Å². The minimum Gasteiger partial charge on any atom is -0.484 e. The van der Waals surface area contributed by atoms with Crippen molar-refractivity contribution >= 4 is 11.8 Å². The molecule has 2 amide bonds. The van der Waals surface area contributed by atoms with Gasteiger partial charge in [-0.15, -0.1) is 0 Å². The second-order valence-corrected chi connectivity index (χ2v) is 5.37. The van der Waals surface area contributed by atoms with Crippen LogP contribution in [0.3, 0.4) is 0 Å². The van der Waals surface area contributed by atoms with E-state index >= 15 is 0 Å². The largest absolute Gasteiger partial charge is 0.484 e. The molecule has 0 radical (unpaired) electrons. The zero-order valence-corrected chi connectivity index (χ0v) is 13.9. The quantitative estimate of drug-likeness (QED) is 0.799. The van der Waals surface area contributed by atoms with E-state index in [1.807, 2.05) is 6.92 Å². The topological polar surface area (TPSA) is 67.4 Å². The smallest absolute Gasteiger partial charge is 0.416 e. The molecule has 0 aliphatic heterocycles. The van der Waals surface area contributed by atoms with Gasteiger partial charge in [-0.2, -0.15) is 13.2 Å². The molecule has 8 heteroatoms. The number of halogens is 3. The van der Waals surface area contributed by atoms with Crippen molar-refractivity contribution in [2.45, 2.75) is 19.5 Å². The molecule has 0 heterocycles. The zero-order chi connectivity index (χ0) is 19.2. The number of ether oxygens (including phenoxy) is 1. The Kier molecular flexibility index (Phi) is 6.21. The number of benzene rings is 2.